The fraction of sp³-hybridized carbons (Fsp3) is 0.273. The molecular weight excluding hydrogens is 160 g/mol. The molecule has 1 rings (SSSR count). The van der Waals surface area contributed by atoms with Crippen LogP contribution in [-0.4, -0.2) is 10.9 Å². The van der Waals surface area contributed by atoms with E-state index in [1.807, 2.05) is 30.9 Å². The van der Waals surface area contributed by atoms with Crippen molar-refractivity contribution < 1.29 is 0 Å². The summed E-state index contributed by atoms with van der Waals surface area (Å²) in [4.78, 5) is 1.93. The lowest BCUT2D eigenvalue weighted by atomic mass is 10.0. The Hall–Kier alpha value is -1.28. The average molecular weight is 176 g/mol. The van der Waals surface area contributed by atoms with Gasteiger partial charge in [0.1, 0.15) is 0 Å². The Bertz CT molecular complexity index is 295. The first kappa shape index (κ1) is 9.81. The minimum Gasteiger partial charge on any atom is -0.323 e. The summed E-state index contributed by atoms with van der Waals surface area (Å²) in [6.45, 7) is 11.7. The standard InChI is InChI=1S/C11H16N2/c1-5-13-9(3)7-6-8(2)11(13)10(4)12/h5-7,10H,1,3,12H2,2,4H3. The number of nitrogens with zero attached hydrogens (tertiary/aromatic N) is 1. The second-order valence-corrected chi connectivity index (χ2v) is 3.23. The highest BCUT2D eigenvalue weighted by Gasteiger charge is 2.17. The molecule has 0 aromatic rings. The summed E-state index contributed by atoms with van der Waals surface area (Å²) in [6, 6.07) is -0.000278. The number of hydrogen-bond acceptors (Lipinski definition) is 2. The van der Waals surface area contributed by atoms with Crippen molar-refractivity contribution in [2.75, 3.05) is 0 Å². The van der Waals surface area contributed by atoms with Crippen molar-refractivity contribution in [1.82, 2.24) is 4.90 Å². The highest BCUT2D eigenvalue weighted by atomic mass is 15.1. The van der Waals surface area contributed by atoms with E-state index in [0.717, 1.165) is 11.4 Å². The van der Waals surface area contributed by atoms with Gasteiger partial charge in [-0.25, -0.2) is 0 Å². The van der Waals surface area contributed by atoms with Crippen molar-refractivity contribution in [2.45, 2.75) is 19.9 Å². The van der Waals surface area contributed by atoms with E-state index in [0.29, 0.717) is 0 Å². The van der Waals surface area contributed by atoms with E-state index in [1.54, 1.807) is 6.20 Å². The molecule has 1 heterocycles. The topological polar surface area (TPSA) is 29.3 Å². The van der Waals surface area contributed by atoms with Crippen LogP contribution in [0.25, 0.3) is 0 Å². The second kappa shape index (κ2) is 3.62. The summed E-state index contributed by atoms with van der Waals surface area (Å²) in [5, 5.41) is 0. The van der Waals surface area contributed by atoms with Crippen LogP contribution in [0.3, 0.4) is 0 Å². The quantitative estimate of drug-likeness (QED) is 0.698. The molecular formula is C11H16N2. The van der Waals surface area contributed by atoms with Crippen molar-refractivity contribution >= 4 is 0 Å². The zero-order chi connectivity index (χ0) is 10.0. The maximum atomic E-state index is 5.86. The summed E-state index contributed by atoms with van der Waals surface area (Å²) in [6.07, 6.45) is 5.73. The largest absolute Gasteiger partial charge is 0.323 e. The van der Waals surface area contributed by atoms with Gasteiger partial charge in [-0.15, -0.1) is 0 Å². The zero-order valence-corrected chi connectivity index (χ0v) is 8.25. The van der Waals surface area contributed by atoms with E-state index < -0.39 is 0 Å². The maximum Gasteiger partial charge on any atom is 0.0427 e. The van der Waals surface area contributed by atoms with E-state index in [4.69, 9.17) is 5.73 Å². The van der Waals surface area contributed by atoms with Crippen LogP contribution in [0, 0.1) is 0 Å². The van der Waals surface area contributed by atoms with Gasteiger partial charge in [0.15, 0.2) is 0 Å². The van der Waals surface area contributed by atoms with Gasteiger partial charge in [-0.2, -0.15) is 0 Å². The van der Waals surface area contributed by atoms with Gasteiger partial charge in [-0.05, 0) is 25.5 Å². The van der Waals surface area contributed by atoms with E-state index in [1.165, 1.54) is 5.57 Å². The lowest BCUT2D eigenvalue weighted by Gasteiger charge is -2.30. The molecule has 0 amide bonds. The molecule has 1 atom stereocenters. The van der Waals surface area contributed by atoms with Crippen LogP contribution in [0.4, 0.5) is 0 Å². The highest BCUT2D eigenvalue weighted by Crippen LogP contribution is 2.24. The summed E-state index contributed by atoms with van der Waals surface area (Å²) >= 11 is 0. The van der Waals surface area contributed by atoms with Crippen LogP contribution in [0.5, 0.6) is 0 Å². The van der Waals surface area contributed by atoms with Gasteiger partial charge >= 0.3 is 0 Å². The average Bonchev–Trinajstić information content (AvgIpc) is 2.07. The smallest absolute Gasteiger partial charge is 0.0427 e. The zero-order valence-electron chi connectivity index (χ0n) is 8.25. The number of nitrogens with two attached hydrogens (primary N) is 1. The van der Waals surface area contributed by atoms with Crippen molar-refractivity contribution in [3.63, 3.8) is 0 Å². The third kappa shape index (κ3) is 1.73. The summed E-state index contributed by atoms with van der Waals surface area (Å²) in [5.74, 6) is 0. The second-order valence-electron chi connectivity index (χ2n) is 3.23. The molecule has 2 heteroatoms. The Morgan fingerprint density at radius 2 is 2.15 bits per heavy atom. The molecule has 1 aliphatic rings. The van der Waals surface area contributed by atoms with Gasteiger partial charge < -0.3 is 10.6 Å². The fourth-order valence-corrected chi connectivity index (χ4v) is 1.53. The molecule has 2 nitrogen and oxygen atoms in total. The van der Waals surface area contributed by atoms with Crippen molar-refractivity contribution in [3.05, 3.63) is 48.5 Å². The predicted octanol–water partition coefficient (Wildman–Crippen LogP) is 2.14. The molecule has 2 N–H and O–H groups in total. The summed E-state index contributed by atoms with van der Waals surface area (Å²) in [7, 11) is 0. The van der Waals surface area contributed by atoms with Crippen LogP contribution in [-0.2, 0) is 0 Å². The Kier molecular flexibility index (Phi) is 2.73. The molecule has 1 aliphatic heterocycles. The molecule has 0 bridgehead atoms. The first-order valence-electron chi connectivity index (χ1n) is 4.33. The molecule has 0 spiro atoms. The van der Waals surface area contributed by atoms with Gasteiger partial charge in [0.05, 0.1) is 0 Å². The molecule has 0 saturated heterocycles. The summed E-state index contributed by atoms with van der Waals surface area (Å²) in [5.41, 5.74) is 9.01. The van der Waals surface area contributed by atoms with E-state index in [-0.39, 0.29) is 6.04 Å². The van der Waals surface area contributed by atoms with Gasteiger partial charge in [-0.3, -0.25) is 0 Å². The monoisotopic (exact) mass is 176 g/mol. The van der Waals surface area contributed by atoms with Crippen LogP contribution in [0.15, 0.2) is 48.5 Å². The Morgan fingerprint density at radius 3 is 2.54 bits per heavy atom. The molecule has 0 radical (unpaired) electrons. The van der Waals surface area contributed by atoms with E-state index in [9.17, 15) is 0 Å². The van der Waals surface area contributed by atoms with Gasteiger partial charge in [0.25, 0.3) is 0 Å². The normalized spacial score (nSPS) is 19.3. The maximum absolute atomic E-state index is 5.86. The highest BCUT2D eigenvalue weighted by molar-refractivity contribution is 5.39. The Morgan fingerprint density at radius 1 is 1.54 bits per heavy atom. The first-order chi connectivity index (χ1) is 6.07. The van der Waals surface area contributed by atoms with Crippen LogP contribution < -0.4 is 5.73 Å². The minimum absolute atomic E-state index is 0.000278. The molecule has 0 saturated carbocycles. The van der Waals surface area contributed by atoms with Gasteiger partial charge in [-0.1, -0.05) is 19.2 Å². The molecule has 13 heavy (non-hydrogen) atoms. The van der Waals surface area contributed by atoms with Crippen LogP contribution in [0.2, 0.25) is 0 Å². The lowest BCUT2D eigenvalue weighted by Crippen LogP contribution is -2.31. The van der Waals surface area contributed by atoms with Crippen molar-refractivity contribution in [3.8, 4) is 0 Å². The lowest BCUT2D eigenvalue weighted by molar-refractivity contribution is 0.528. The molecule has 0 aromatic heterocycles. The molecule has 0 aromatic carbocycles. The molecule has 1 unspecified atom stereocenters. The Balaban J connectivity index is 3.14. The van der Waals surface area contributed by atoms with Crippen molar-refractivity contribution in [1.29, 1.82) is 0 Å². The minimum atomic E-state index is -0.000278. The van der Waals surface area contributed by atoms with E-state index >= 15 is 0 Å². The number of rotatable bonds is 2. The first-order valence-corrected chi connectivity index (χ1v) is 4.33. The van der Waals surface area contributed by atoms with Crippen LogP contribution in [0.1, 0.15) is 13.8 Å². The predicted molar refractivity (Wildman–Crippen MR) is 56.7 cm³/mol. The van der Waals surface area contributed by atoms with Crippen molar-refractivity contribution in [2.24, 2.45) is 5.73 Å². The Labute approximate surface area is 79.7 Å². The van der Waals surface area contributed by atoms with E-state index in [2.05, 4.69) is 13.2 Å². The van der Waals surface area contributed by atoms with Gasteiger partial charge in [0.2, 0.25) is 0 Å². The molecule has 0 aliphatic carbocycles. The third-order valence-electron chi connectivity index (χ3n) is 2.11. The molecule has 0 fully saturated rings. The summed E-state index contributed by atoms with van der Waals surface area (Å²) < 4.78 is 0. The third-order valence-corrected chi connectivity index (χ3v) is 2.11. The van der Waals surface area contributed by atoms with Crippen LogP contribution >= 0.6 is 0 Å². The molecule has 70 valence electrons. The number of allylic oxidation sites excluding steroid dienone is 3. The fourth-order valence-electron chi connectivity index (χ4n) is 1.53. The van der Waals surface area contributed by atoms with Gasteiger partial charge in [0, 0.05) is 23.6 Å². The SMILES string of the molecule is C=CN1C(=C)C=CC(C)=C1C(C)N. The number of hydrogen-bond donors (Lipinski definition) is 1.